The zero-order valence-corrected chi connectivity index (χ0v) is 11.3. The number of aryl methyl sites for hydroxylation is 1. The molecule has 1 aromatic heterocycles. The van der Waals surface area contributed by atoms with Crippen molar-refractivity contribution in [1.82, 2.24) is 4.57 Å². The number of fused-ring (bicyclic) bond motifs is 1. The highest BCUT2D eigenvalue weighted by Crippen LogP contribution is 2.28. The molecule has 1 aromatic carbocycles. The molecule has 0 radical (unpaired) electrons. The maximum Gasteiger partial charge on any atom is 0.270 e. The number of pyridine rings is 1. The Balaban J connectivity index is 2.36. The summed E-state index contributed by atoms with van der Waals surface area (Å²) in [4.78, 5) is 14.4. The van der Waals surface area contributed by atoms with Crippen molar-refractivity contribution in [1.29, 1.82) is 5.26 Å². The molecular formula is C15H15N3O2. The van der Waals surface area contributed by atoms with Crippen LogP contribution in [0.4, 0.5) is 5.69 Å². The van der Waals surface area contributed by atoms with Crippen molar-refractivity contribution in [2.75, 3.05) is 31.2 Å². The third-order valence-corrected chi connectivity index (χ3v) is 3.71. The minimum atomic E-state index is -0.243. The standard InChI is InChI=1S/C15H15N3O2/c1-17-13-5-3-2-4-11(13)14(12(10-16)15(17)19)18-6-8-20-9-7-18/h2-5H,6-9H2,1H3. The quantitative estimate of drug-likeness (QED) is 0.781. The van der Waals surface area contributed by atoms with E-state index in [-0.39, 0.29) is 11.1 Å². The highest BCUT2D eigenvalue weighted by Gasteiger charge is 2.21. The Hall–Kier alpha value is -2.32. The Kier molecular flexibility index (Phi) is 3.17. The zero-order chi connectivity index (χ0) is 14.1. The number of hydrogen-bond acceptors (Lipinski definition) is 4. The second kappa shape index (κ2) is 4.99. The van der Waals surface area contributed by atoms with E-state index in [2.05, 4.69) is 11.0 Å². The molecule has 102 valence electrons. The number of hydrogen-bond donors (Lipinski definition) is 0. The van der Waals surface area contributed by atoms with Gasteiger partial charge in [0.05, 0.1) is 24.4 Å². The number of benzene rings is 1. The van der Waals surface area contributed by atoms with E-state index in [1.807, 2.05) is 24.3 Å². The van der Waals surface area contributed by atoms with Gasteiger partial charge in [-0.1, -0.05) is 18.2 Å². The van der Waals surface area contributed by atoms with E-state index in [1.165, 1.54) is 4.57 Å². The topological polar surface area (TPSA) is 58.3 Å². The summed E-state index contributed by atoms with van der Waals surface area (Å²) in [6.07, 6.45) is 0. The second-order valence-corrected chi connectivity index (χ2v) is 4.82. The van der Waals surface area contributed by atoms with Crippen LogP contribution in [0.25, 0.3) is 10.9 Å². The molecular weight excluding hydrogens is 254 g/mol. The van der Waals surface area contributed by atoms with Gasteiger partial charge in [-0.3, -0.25) is 4.79 Å². The van der Waals surface area contributed by atoms with Crippen molar-refractivity contribution in [2.45, 2.75) is 0 Å². The van der Waals surface area contributed by atoms with Crippen LogP contribution in [0, 0.1) is 11.3 Å². The first-order chi connectivity index (χ1) is 9.74. The smallest absolute Gasteiger partial charge is 0.270 e. The summed E-state index contributed by atoms with van der Waals surface area (Å²) in [6.45, 7) is 2.64. The van der Waals surface area contributed by atoms with Crippen molar-refractivity contribution in [3.8, 4) is 6.07 Å². The van der Waals surface area contributed by atoms with Gasteiger partial charge in [0.1, 0.15) is 11.6 Å². The summed E-state index contributed by atoms with van der Waals surface area (Å²) < 4.78 is 6.89. The van der Waals surface area contributed by atoms with Crippen molar-refractivity contribution in [2.24, 2.45) is 7.05 Å². The molecule has 5 heteroatoms. The number of aromatic nitrogens is 1. The number of morpholine rings is 1. The largest absolute Gasteiger partial charge is 0.378 e. The molecule has 0 amide bonds. The van der Waals surface area contributed by atoms with Gasteiger partial charge < -0.3 is 14.2 Å². The maximum atomic E-state index is 12.4. The fourth-order valence-electron chi connectivity index (χ4n) is 2.70. The number of nitrogens with zero attached hydrogens (tertiary/aromatic N) is 3. The van der Waals surface area contributed by atoms with Crippen LogP contribution in [0.5, 0.6) is 0 Å². The van der Waals surface area contributed by atoms with Crippen molar-refractivity contribution >= 4 is 16.6 Å². The zero-order valence-electron chi connectivity index (χ0n) is 11.3. The predicted octanol–water partition coefficient (Wildman–Crippen LogP) is 1.25. The molecule has 1 aliphatic rings. The van der Waals surface area contributed by atoms with Crippen LogP contribution in [0.15, 0.2) is 29.1 Å². The van der Waals surface area contributed by atoms with Gasteiger partial charge in [-0.2, -0.15) is 5.26 Å². The molecule has 1 saturated heterocycles. The summed E-state index contributed by atoms with van der Waals surface area (Å²) >= 11 is 0. The van der Waals surface area contributed by atoms with Gasteiger partial charge in [0.2, 0.25) is 0 Å². The van der Waals surface area contributed by atoms with Crippen LogP contribution < -0.4 is 10.5 Å². The number of nitriles is 1. The molecule has 2 aromatic rings. The second-order valence-electron chi connectivity index (χ2n) is 4.82. The number of rotatable bonds is 1. The van der Waals surface area contributed by atoms with Gasteiger partial charge in [-0.05, 0) is 6.07 Å². The molecule has 0 N–H and O–H groups in total. The van der Waals surface area contributed by atoms with E-state index in [4.69, 9.17) is 4.74 Å². The van der Waals surface area contributed by atoms with Crippen molar-refractivity contribution in [3.63, 3.8) is 0 Å². The molecule has 0 aliphatic carbocycles. The lowest BCUT2D eigenvalue weighted by molar-refractivity contribution is 0.123. The predicted molar refractivity (Wildman–Crippen MR) is 76.9 cm³/mol. The Morgan fingerprint density at radius 1 is 1.25 bits per heavy atom. The Morgan fingerprint density at radius 3 is 2.65 bits per heavy atom. The van der Waals surface area contributed by atoms with E-state index in [0.717, 1.165) is 16.6 Å². The fourth-order valence-corrected chi connectivity index (χ4v) is 2.70. The van der Waals surface area contributed by atoms with Crippen LogP contribution in [-0.4, -0.2) is 30.9 Å². The van der Waals surface area contributed by atoms with Gasteiger partial charge in [0, 0.05) is 25.5 Å². The van der Waals surface area contributed by atoms with Crippen LogP contribution in [0.3, 0.4) is 0 Å². The van der Waals surface area contributed by atoms with E-state index < -0.39 is 0 Å². The van der Waals surface area contributed by atoms with Crippen LogP contribution in [-0.2, 0) is 11.8 Å². The van der Waals surface area contributed by atoms with Crippen LogP contribution in [0.1, 0.15) is 5.56 Å². The number of para-hydroxylation sites is 1. The maximum absolute atomic E-state index is 12.4. The lowest BCUT2D eigenvalue weighted by atomic mass is 10.1. The Labute approximate surface area is 116 Å². The molecule has 20 heavy (non-hydrogen) atoms. The molecule has 1 aliphatic heterocycles. The average molecular weight is 269 g/mol. The summed E-state index contributed by atoms with van der Waals surface area (Å²) in [5.74, 6) is 0. The van der Waals surface area contributed by atoms with Crippen molar-refractivity contribution < 1.29 is 4.74 Å². The van der Waals surface area contributed by atoms with Crippen LogP contribution in [0.2, 0.25) is 0 Å². The van der Waals surface area contributed by atoms with E-state index in [0.29, 0.717) is 26.3 Å². The molecule has 0 spiro atoms. The van der Waals surface area contributed by atoms with E-state index in [9.17, 15) is 10.1 Å². The fraction of sp³-hybridized carbons (Fsp3) is 0.333. The molecule has 3 rings (SSSR count). The number of ether oxygens (including phenoxy) is 1. The van der Waals surface area contributed by atoms with E-state index in [1.54, 1.807) is 7.05 Å². The normalized spacial score (nSPS) is 15.3. The molecule has 1 fully saturated rings. The molecule has 0 saturated carbocycles. The molecule has 0 bridgehead atoms. The summed E-state index contributed by atoms with van der Waals surface area (Å²) in [6, 6.07) is 9.77. The minimum Gasteiger partial charge on any atom is -0.378 e. The Morgan fingerprint density at radius 2 is 1.95 bits per heavy atom. The lowest BCUT2D eigenvalue weighted by Crippen LogP contribution is -2.38. The lowest BCUT2D eigenvalue weighted by Gasteiger charge is -2.30. The summed E-state index contributed by atoms with van der Waals surface area (Å²) in [5.41, 5.74) is 1.56. The molecule has 2 heterocycles. The first-order valence-electron chi connectivity index (χ1n) is 6.58. The van der Waals surface area contributed by atoms with Crippen LogP contribution >= 0.6 is 0 Å². The first-order valence-corrected chi connectivity index (χ1v) is 6.58. The molecule has 5 nitrogen and oxygen atoms in total. The number of anilines is 1. The third-order valence-electron chi connectivity index (χ3n) is 3.71. The van der Waals surface area contributed by atoms with Gasteiger partial charge in [0.15, 0.2) is 0 Å². The van der Waals surface area contributed by atoms with Gasteiger partial charge in [-0.15, -0.1) is 0 Å². The SMILES string of the molecule is Cn1c(=O)c(C#N)c(N2CCOCC2)c2ccccc21. The monoisotopic (exact) mass is 269 g/mol. The molecule has 0 atom stereocenters. The van der Waals surface area contributed by atoms with Gasteiger partial charge >= 0.3 is 0 Å². The van der Waals surface area contributed by atoms with E-state index >= 15 is 0 Å². The summed E-state index contributed by atoms with van der Waals surface area (Å²) in [7, 11) is 1.70. The summed E-state index contributed by atoms with van der Waals surface area (Å²) in [5, 5.41) is 10.3. The van der Waals surface area contributed by atoms with Gasteiger partial charge in [-0.25, -0.2) is 0 Å². The highest BCUT2D eigenvalue weighted by molar-refractivity contribution is 5.94. The van der Waals surface area contributed by atoms with Crippen molar-refractivity contribution in [3.05, 3.63) is 40.2 Å². The first kappa shape index (κ1) is 12.7. The van der Waals surface area contributed by atoms with Gasteiger partial charge in [0.25, 0.3) is 5.56 Å². The Bertz CT molecular complexity index is 752. The highest BCUT2D eigenvalue weighted by atomic mass is 16.5. The average Bonchev–Trinajstić information content (AvgIpc) is 2.51. The third kappa shape index (κ3) is 1.86. The minimum absolute atomic E-state index is 0.216. The molecule has 0 unspecified atom stereocenters.